The van der Waals surface area contributed by atoms with Crippen molar-refractivity contribution in [3.63, 3.8) is 0 Å². The number of nitrogens with zero attached hydrogens (tertiary/aromatic N) is 1. The van der Waals surface area contributed by atoms with Crippen LogP contribution in [0, 0.1) is 6.92 Å². The van der Waals surface area contributed by atoms with E-state index in [1.54, 1.807) is 13.3 Å². The molecule has 0 atom stereocenters. The summed E-state index contributed by atoms with van der Waals surface area (Å²) in [5.74, 6) is 6.76. The molecule has 1 aliphatic rings. The number of aryl methyl sites for hydroxylation is 1. The highest BCUT2D eigenvalue weighted by Crippen LogP contribution is 2.49. The van der Waals surface area contributed by atoms with Crippen LogP contribution in [-0.2, 0) is 5.41 Å². The molecule has 0 saturated heterocycles. The second-order valence-corrected chi connectivity index (χ2v) is 5.15. The minimum Gasteiger partial charge on any atom is -0.494 e. The Morgan fingerprint density at radius 2 is 2.06 bits per heavy atom. The van der Waals surface area contributed by atoms with E-state index in [2.05, 4.69) is 19.1 Å². The van der Waals surface area contributed by atoms with Gasteiger partial charge in [-0.05, 0) is 42.4 Å². The molecule has 0 amide bonds. The van der Waals surface area contributed by atoms with Crippen molar-refractivity contribution in [3.05, 3.63) is 35.7 Å². The van der Waals surface area contributed by atoms with Crippen LogP contribution in [0.3, 0.4) is 0 Å². The molecule has 4 heteroatoms. The normalized spacial score (nSPS) is 16.9. The molecular weight excluding hydrogens is 226 g/mol. The van der Waals surface area contributed by atoms with Gasteiger partial charge in [0.05, 0.1) is 12.8 Å². The number of anilines is 1. The summed E-state index contributed by atoms with van der Waals surface area (Å²) in [6.07, 6.45) is 5.50. The van der Waals surface area contributed by atoms with Gasteiger partial charge in [0, 0.05) is 12.4 Å². The van der Waals surface area contributed by atoms with Gasteiger partial charge in [0.15, 0.2) is 0 Å². The third-order valence-corrected chi connectivity index (χ3v) is 3.68. The van der Waals surface area contributed by atoms with Gasteiger partial charge in [-0.3, -0.25) is 5.01 Å². The Labute approximate surface area is 108 Å². The van der Waals surface area contributed by atoms with E-state index in [4.69, 9.17) is 16.3 Å². The molecule has 0 heterocycles. The van der Waals surface area contributed by atoms with Crippen molar-refractivity contribution in [2.45, 2.75) is 32.1 Å². The first-order chi connectivity index (χ1) is 8.51. The minimum absolute atomic E-state index is 0.305. The number of ether oxygens (including phenoxy) is 1. The van der Waals surface area contributed by atoms with Crippen LogP contribution in [0.15, 0.2) is 24.5 Å². The van der Waals surface area contributed by atoms with Crippen molar-refractivity contribution in [2.75, 3.05) is 12.1 Å². The summed E-state index contributed by atoms with van der Waals surface area (Å²) in [6.45, 7) is 4.31. The second-order valence-electron chi connectivity index (χ2n) is 5.15. The number of methoxy groups -OCH3 is 1. The summed E-state index contributed by atoms with van der Waals surface area (Å²) in [6, 6.07) is 4.29. The number of rotatable bonds is 4. The zero-order chi connectivity index (χ0) is 13.3. The van der Waals surface area contributed by atoms with Gasteiger partial charge in [0.2, 0.25) is 0 Å². The highest BCUT2D eigenvalue weighted by molar-refractivity contribution is 5.65. The molecule has 4 N–H and O–H groups in total. The molecule has 98 valence electrons. The maximum atomic E-state index is 5.97. The average Bonchev–Trinajstić information content (AvgIpc) is 3.08. The van der Waals surface area contributed by atoms with Gasteiger partial charge in [0.25, 0.3) is 0 Å². The van der Waals surface area contributed by atoms with Crippen molar-refractivity contribution in [3.8, 4) is 5.75 Å². The molecule has 1 saturated carbocycles. The first-order valence-corrected chi connectivity index (χ1v) is 6.13. The summed E-state index contributed by atoms with van der Waals surface area (Å²) < 4.78 is 5.44. The Hall–Kier alpha value is -1.68. The van der Waals surface area contributed by atoms with Gasteiger partial charge in [-0.1, -0.05) is 13.0 Å². The SMILES string of the molecule is COc1c(C)cc(C2(C)CC2)cc1N(N)/C=C\N. The fraction of sp³-hybridized carbons (Fsp3) is 0.429. The van der Waals surface area contributed by atoms with Gasteiger partial charge in [-0.15, -0.1) is 0 Å². The number of hydrogen-bond donors (Lipinski definition) is 2. The lowest BCUT2D eigenvalue weighted by molar-refractivity contribution is 0.412. The largest absolute Gasteiger partial charge is 0.494 e. The molecule has 0 aliphatic heterocycles. The molecule has 0 spiro atoms. The van der Waals surface area contributed by atoms with Crippen LogP contribution in [0.25, 0.3) is 0 Å². The first kappa shape index (κ1) is 12.8. The number of hydrogen-bond acceptors (Lipinski definition) is 4. The van der Waals surface area contributed by atoms with E-state index in [1.807, 2.05) is 6.92 Å². The van der Waals surface area contributed by atoms with Crippen molar-refractivity contribution >= 4 is 5.69 Å². The summed E-state index contributed by atoms with van der Waals surface area (Å²) in [7, 11) is 1.66. The fourth-order valence-electron chi connectivity index (χ4n) is 2.21. The smallest absolute Gasteiger partial charge is 0.146 e. The van der Waals surface area contributed by atoms with Crippen LogP contribution in [0.4, 0.5) is 5.69 Å². The molecule has 2 rings (SSSR count). The van der Waals surface area contributed by atoms with E-state index in [1.165, 1.54) is 29.6 Å². The number of hydrazine groups is 1. The molecule has 0 unspecified atom stereocenters. The summed E-state index contributed by atoms with van der Waals surface area (Å²) >= 11 is 0. The molecule has 1 aromatic carbocycles. The molecule has 0 radical (unpaired) electrons. The molecule has 4 nitrogen and oxygen atoms in total. The average molecular weight is 247 g/mol. The Morgan fingerprint density at radius 3 is 2.56 bits per heavy atom. The quantitative estimate of drug-likeness (QED) is 0.632. The van der Waals surface area contributed by atoms with Gasteiger partial charge >= 0.3 is 0 Å². The van der Waals surface area contributed by atoms with Crippen molar-refractivity contribution in [1.29, 1.82) is 0 Å². The lowest BCUT2D eigenvalue weighted by atomic mass is 9.95. The maximum Gasteiger partial charge on any atom is 0.146 e. The van der Waals surface area contributed by atoms with Crippen molar-refractivity contribution in [1.82, 2.24) is 0 Å². The van der Waals surface area contributed by atoms with Crippen LogP contribution in [0.1, 0.15) is 30.9 Å². The molecule has 1 aromatic rings. The lowest BCUT2D eigenvalue weighted by Gasteiger charge is -2.21. The maximum absolute atomic E-state index is 5.97. The molecule has 0 aromatic heterocycles. The van der Waals surface area contributed by atoms with Crippen molar-refractivity contribution < 1.29 is 4.74 Å². The van der Waals surface area contributed by atoms with Crippen LogP contribution in [-0.4, -0.2) is 7.11 Å². The van der Waals surface area contributed by atoms with Gasteiger partial charge in [-0.2, -0.15) is 0 Å². The minimum atomic E-state index is 0.305. The van der Waals surface area contributed by atoms with E-state index in [0.717, 1.165) is 17.0 Å². The second kappa shape index (κ2) is 4.53. The fourth-order valence-corrected chi connectivity index (χ4v) is 2.21. The number of nitrogens with two attached hydrogens (primary N) is 2. The summed E-state index contributed by atoms with van der Waals surface area (Å²) in [4.78, 5) is 0. The molecule has 18 heavy (non-hydrogen) atoms. The van der Waals surface area contributed by atoms with E-state index >= 15 is 0 Å². The van der Waals surface area contributed by atoms with E-state index < -0.39 is 0 Å². The first-order valence-electron chi connectivity index (χ1n) is 6.13. The van der Waals surface area contributed by atoms with Crippen LogP contribution >= 0.6 is 0 Å². The number of benzene rings is 1. The van der Waals surface area contributed by atoms with Gasteiger partial charge < -0.3 is 10.5 Å². The Morgan fingerprint density at radius 1 is 1.39 bits per heavy atom. The molecule has 0 bridgehead atoms. The highest BCUT2D eigenvalue weighted by atomic mass is 16.5. The Bertz CT molecular complexity index is 478. The molecule has 1 aliphatic carbocycles. The zero-order valence-electron chi connectivity index (χ0n) is 11.2. The topological polar surface area (TPSA) is 64.5 Å². The zero-order valence-corrected chi connectivity index (χ0v) is 11.2. The van der Waals surface area contributed by atoms with E-state index in [0.29, 0.717) is 5.41 Å². The predicted molar refractivity (Wildman–Crippen MR) is 74.3 cm³/mol. The Kier molecular flexibility index (Phi) is 3.22. The molecular formula is C14H21N3O. The third-order valence-electron chi connectivity index (χ3n) is 3.68. The summed E-state index contributed by atoms with van der Waals surface area (Å²) in [5, 5.41) is 1.50. The van der Waals surface area contributed by atoms with Crippen LogP contribution in [0.2, 0.25) is 0 Å². The van der Waals surface area contributed by atoms with Gasteiger partial charge in [0.1, 0.15) is 5.75 Å². The standard InChI is InChI=1S/C14H21N3O/c1-10-8-11(14(2)4-5-14)9-12(13(10)18-3)17(16)7-6-15/h6-9H,4-5,15-16H2,1-3H3/b7-6-. The van der Waals surface area contributed by atoms with Crippen LogP contribution < -0.4 is 21.3 Å². The highest BCUT2D eigenvalue weighted by Gasteiger charge is 2.39. The lowest BCUT2D eigenvalue weighted by Crippen LogP contribution is -2.25. The van der Waals surface area contributed by atoms with Crippen LogP contribution in [0.5, 0.6) is 5.75 Å². The van der Waals surface area contributed by atoms with Gasteiger partial charge in [-0.25, -0.2) is 5.84 Å². The summed E-state index contributed by atoms with van der Waals surface area (Å²) in [5.41, 5.74) is 8.96. The predicted octanol–water partition coefficient (Wildman–Crippen LogP) is 2.17. The molecule has 1 fully saturated rings. The van der Waals surface area contributed by atoms with E-state index in [9.17, 15) is 0 Å². The monoisotopic (exact) mass is 247 g/mol. The third kappa shape index (κ3) is 2.16. The van der Waals surface area contributed by atoms with Crippen molar-refractivity contribution in [2.24, 2.45) is 11.6 Å². The Balaban J connectivity index is 2.50. The van der Waals surface area contributed by atoms with E-state index in [-0.39, 0.29) is 0 Å².